The van der Waals surface area contributed by atoms with Gasteiger partial charge < -0.3 is 4.74 Å². The van der Waals surface area contributed by atoms with Gasteiger partial charge in [-0.15, -0.1) is 0 Å². The van der Waals surface area contributed by atoms with E-state index < -0.39 is 16.0 Å². The van der Waals surface area contributed by atoms with Crippen molar-refractivity contribution < 1.29 is 17.9 Å². The van der Waals surface area contributed by atoms with Gasteiger partial charge >= 0.3 is 5.97 Å². The van der Waals surface area contributed by atoms with Crippen molar-refractivity contribution >= 4 is 16.0 Å². The van der Waals surface area contributed by atoms with Gasteiger partial charge in [-0.1, -0.05) is 0 Å². The van der Waals surface area contributed by atoms with Crippen LogP contribution >= 0.6 is 0 Å². The van der Waals surface area contributed by atoms with Gasteiger partial charge in [0.15, 0.2) is 0 Å². The first-order valence-corrected chi connectivity index (χ1v) is 7.97. The van der Waals surface area contributed by atoms with Gasteiger partial charge in [-0.25, -0.2) is 13.1 Å². The summed E-state index contributed by atoms with van der Waals surface area (Å²) >= 11 is 0. The molecule has 0 fully saturated rings. The predicted molar refractivity (Wildman–Crippen MR) is 74.5 cm³/mol. The molecule has 1 unspecified atom stereocenters. The molecule has 0 aromatic carbocycles. The number of nitrogens with zero attached hydrogens (tertiary/aromatic N) is 2. The van der Waals surface area contributed by atoms with Crippen LogP contribution in [0.25, 0.3) is 0 Å². The summed E-state index contributed by atoms with van der Waals surface area (Å²) in [6, 6.07) is -0.355. The van der Waals surface area contributed by atoms with Crippen LogP contribution in [0.15, 0.2) is 6.20 Å². The maximum Gasteiger partial charge on any atom is 0.305 e. The Bertz CT molecular complexity index is 565. The second-order valence-corrected chi connectivity index (χ2v) is 6.52. The Hall–Kier alpha value is -1.41. The zero-order valence-corrected chi connectivity index (χ0v) is 13.0. The highest BCUT2D eigenvalue weighted by Crippen LogP contribution is 2.17. The molecular weight excluding hydrogens is 282 g/mol. The summed E-state index contributed by atoms with van der Waals surface area (Å²) < 4.78 is 32.6. The molecule has 0 spiro atoms. The lowest BCUT2D eigenvalue weighted by molar-refractivity contribution is -0.140. The number of methoxy groups -OCH3 is 1. The van der Waals surface area contributed by atoms with Crippen molar-refractivity contribution in [1.82, 2.24) is 14.5 Å². The molecule has 1 aromatic rings. The lowest BCUT2D eigenvalue weighted by Crippen LogP contribution is -2.29. The number of sulfonamides is 1. The monoisotopic (exact) mass is 303 g/mol. The van der Waals surface area contributed by atoms with E-state index in [0.29, 0.717) is 0 Å². The van der Waals surface area contributed by atoms with Crippen LogP contribution in [0.2, 0.25) is 0 Å². The Labute approximate surface area is 119 Å². The highest BCUT2D eigenvalue weighted by atomic mass is 32.2. The summed E-state index contributed by atoms with van der Waals surface area (Å²) in [5, 5.41) is 4.08. The molecule has 0 saturated heterocycles. The summed E-state index contributed by atoms with van der Waals surface area (Å²) in [5.41, 5.74) is 1.75. The van der Waals surface area contributed by atoms with Crippen molar-refractivity contribution in [2.24, 2.45) is 7.05 Å². The predicted octanol–water partition coefficient (Wildman–Crippen LogP) is 0.662. The molecule has 1 heterocycles. The minimum absolute atomic E-state index is 0.0950. The van der Waals surface area contributed by atoms with Crippen LogP contribution in [0.5, 0.6) is 0 Å². The lowest BCUT2D eigenvalue weighted by Gasteiger charge is -2.14. The molecule has 1 N–H and O–H groups in total. The number of esters is 1. The van der Waals surface area contributed by atoms with E-state index in [2.05, 4.69) is 14.6 Å². The van der Waals surface area contributed by atoms with Crippen LogP contribution < -0.4 is 4.72 Å². The van der Waals surface area contributed by atoms with Gasteiger partial charge in [0.05, 0.1) is 19.1 Å². The van der Waals surface area contributed by atoms with Crippen molar-refractivity contribution in [2.45, 2.75) is 32.7 Å². The molecule has 0 aliphatic carbocycles. The van der Waals surface area contributed by atoms with E-state index in [1.165, 1.54) is 7.11 Å². The number of carbonyl (C=O) groups excluding carboxylic acids is 1. The molecule has 1 rings (SSSR count). The van der Waals surface area contributed by atoms with Crippen molar-refractivity contribution in [3.63, 3.8) is 0 Å². The molecule has 0 radical (unpaired) electrons. The summed E-state index contributed by atoms with van der Waals surface area (Å²) in [6.07, 6.45) is 1.98. The Kier molecular flexibility index (Phi) is 5.70. The van der Waals surface area contributed by atoms with Crippen LogP contribution in [0.4, 0.5) is 0 Å². The first-order valence-electron chi connectivity index (χ1n) is 6.32. The number of aromatic nitrogens is 2. The third-order valence-corrected chi connectivity index (χ3v) is 4.66. The summed E-state index contributed by atoms with van der Waals surface area (Å²) in [4.78, 5) is 10.9. The van der Waals surface area contributed by atoms with E-state index in [1.54, 1.807) is 24.9 Å². The first-order chi connectivity index (χ1) is 9.26. The van der Waals surface area contributed by atoms with Crippen molar-refractivity contribution in [3.8, 4) is 0 Å². The molecule has 0 bridgehead atoms. The van der Waals surface area contributed by atoms with Crippen molar-refractivity contribution in [1.29, 1.82) is 0 Å². The van der Waals surface area contributed by atoms with Crippen LogP contribution in [0.3, 0.4) is 0 Å². The number of carbonyl (C=O) groups is 1. The van der Waals surface area contributed by atoms with Crippen molar-refractivity contribution in [3.05, 3.63) is 17.5 Å². The summed E-state index contributed by atoms with van der Waals surface area (Å²) in [5.74, 6) is -0.512. The number of nitrogens with one attached hydrogen (secondary N) is 1. The fourth-order valence-corrected chi connectivity index (χ4v) is 3.15. The molecule has 0 saturated carbocycles. The zero-order valence-electron chi connectivity index (χ0n) is 12.2. The Morgan fingerprint density at radius 3 is 2.70 bits per heavy atom. The van der Waals surface area contributed by atoms with E-state index in [0.717, 1.165) is 11.3 Å². The summed E-state index contributed by atoms with van der Waals surface area (Å²) in [6.45, 7) is 3.65. The SMILES string of the molecule is COC(=O)CCCS(=O)(=O)NC(C)c1cnn(C)c1C. The first kappa shape index (κ1) is 16.6. The number of hydrogen-bond acceptors (Lipinski definition) is 5. The van der Waals surface area contributed by atoms with Crippen LogP contribution in [-0.4, -0.2) is 37.0 Å². The fourth-order valence-electron chi connectivity index (χ4n) is 1.84. The van der Waals surface area contributed by atoms with Gasteiger partial charge in [0.1, 0.15) is 0 Å². The lowest BCUT2D eigenvalue weighted by atomic mass is 10.1. The van der Waals surface area contributed by atoms with E-state index in [1.807, 2.05) is 6.92 Å². The van der Waals surface area contributed by atoms with Crippen LogP contribution in [-0.2, 0) is 26.6 Å². The van der Waals surface area contributed by atoms with Gasteiger partial charge in [0.25, 0.3) is 0 Å². The Balaban J connectivity index is 2.58. The van der Waals surface area contributed by atoms with Crippen LogP contribution in [0, 0.1) is 6.92 Å². The van der Waals surface area contributed by atoms with Crippen molar-refractivity contribution in [2.75, 3.05) is 12.9 Å². The van der Waals surface area contributed by atoms with Gasteiger partial charge in [-0.2, -0.15) is 5.10 Å². The standard InChI is InChI=1S/C12H21N3O4S/c1-9(11-8-13-15(3)10(11)2)14-20(17,18)7-5-6-12(16)19-4/h8-9,14H,5-7H2,1-4H3. The molecule has 1 aromatic heterocycles. The third kappa shape index (κ3) is 4.61. The molecule has 114 valence electrons. The molecule has 8 heteroatoms. The molecule has 1 atom stereocenters. The zero-order chi connectivity index (χ0) is 15.3. The van der Waals surface area contributed by atoms with Gasteiger partial charge in [0, 0.05) is 30.8 Å². The highest BCUT2D eigenvalue weighted by Gasteiger charge is 2.19. The average molecular weight is 303 g/mol. The van der Waals surface area contributed by atoms with Gasteiger partial charge in [0.2, 0.25) is 10.0 Å². The topological polar surface area (TPSA) is 90.3 Å². The number of aryl methyl sites for hydroxylation is 1. The van der Waals surface area contributed by atoms with Gasteiger partial charge in [-0.3, -0.25) is 9.48 Å². The quantitative estimate of drug-likeness (QED) is 0.747. The van der Waals surface area contributed by atoms with Gasteiger partial charge in [-0.05, 0) is 20.3 Å². The normalized spacial score (nSPS) is 13.2. The number of ether oxygens (including phenoxy) is 1. The van der Waals surface area contributed by atoms with E-state index >= 15 is 0 Å². The third-order valence-electron chi connectivity index (χ3n) is 3.12. The smallest absolute Gasteiger partial charge is 0.305 e. The molecule has 20 heavy (non-hydrogen) atoms. The highest BCUT2D eigenvalue weighted by molar-refractivity contribution is 7.89. The maximum atomic E-state index is 11.9. The molecule has 0 amide bonds. The number of rotatable bonds is 7. The Morgan fingerprint density at radius 1 is 1.55 bits per heavy atom. The largest absolute Gasteiger partial charge is 0.469 e. The minimum atomic E-state index is -3.44. The molecular formula is C12H21N3O4S. The summed E-state index contributed by atoms with van der Waals surface area (Å²) in [7, 11) is -0.353. The van der Waals surface area contributed by atoms with E-state index in [-0.39, 0.29) is 24.6 Å². The van der Waals surface area contributed by atoms with E-state index in [9.17, 15) is 13.2 Å². The van der Waals surface area contributed by atoms with E-state index in [4.69, 9.17) is 0 Å². The second kappa shape index (κ2) is 6.85. The molecule has 0 aliphatic rings. The molecule has 0 aliphatic heterocycles. The fraction of sp³-hybridized carbons (Fsp3) is 0.667. The molecule has 7 nitrogen and oxygen atoms in total. The second-order valence-electron chi connectivity index (χ2n) is 4.65. The van der Waals surface area contributed by atoms with Crippen LogP contribution in [0.1, 0.15) is 37.1 Å². The minimum Gasteiger partial charge on any atom is -0.469 e. The maximum absolute atomic E-state index is 11.9. The number of hydrogen-bond donors (Lipinski definition) is 1. The Morgan fingerprint density at radius 2 is 2.20 bits per heavy atom. The average Bonchev–Trinajstić information content (AvgIpc) is 2.69.